The average Bonchev–Trinajstić information content (AvgIpc) is 2.81. The minimum atomic E-state index is -4.43. The van der Waals surface area contributed by atoms with Gasteiger partial charge in [0.15, 0.2) is 0 Å². The number of aromatic nitrogens is 4. The normalized spacial score (nSPS) is 14.7. The maximum Gasteiger partial charge on any atom is 0.416 e. The van der Waals surface area contributed by atoms with E-state index in [1.54, 1.807) is 6.20 Å². The summed E-state index contributed by atoms with van der Waals surface area (Å²) in [6, 6.07) is 1.97. The van der Waals surface area contributed by atoms with Crippen LogP contribution in [0.3, 0.4) is 0 Å². The third-order valence-corrected chi connectivity index (χ3v) is 3.97. The summed E-state index contributed by atoms with van der Waals surface area (Å²) in [5.41, 5.74) is 0.291. The number of aryl methyl sites for hydroxylation is 2. The van der Waals surface area contributed by atoms with Gasteiger partial charge in [0.05, 0.1) is 23.5 Å². The van der Waals surface area contributed by atoms with Gasteiger partial charge in [0.1, 0.15) is 0 Å². The van der Waals surface area contributed by atoms with Gasteiger partial charge >= 0.3 is 6.18 Å². The van der Waals surface area contributed by atoms with Gasteiger partial charge in [-0.1, -0.05) is 5.21 Å². The molecule has 2 rings (SSSR count). The number of halogens is 3. The minimum absolute atomic E-state index is 0.0557. The van der Waals surface area contributed by atoms with Gasteiger partial charge in [0.25, 0.3) is 0 Å². The SMILES string of the molecule is Cc1cc(C(F)(F)F)cc(Cn2cc(CCS(C)(=N)=O)nn2)n1. The van der Waals surface area contributed by atoms with Gasteiger partial charge in [-0.2, -0.15) is 13.2 Å². The Morgan fingerprint density at radius 1 is 1.30 bits per heavy atom. The van der Waals surface area contributed by atoms with Crippen molar-refractivity contribution in [3.05, 3.63) is 41.0 Å². The zero-order valence-electron chi connectivity index (χ0n) is 12.6. The molecule has 0 bridgehead atoms. The summed E-state index contributed by atoms with van der Waals surface area (Å²) in [5.74, 6) is 0.159. The number of pyridine rings is 1. The fourth-order valence-corrected chi connectivity index (χ4v) is 2.58. The van der Waals surface area contributed by atoms with E-state index in [-0.39, 0.29) is 23.7 Å². The molecule has 126 valence electrons. The summed E-state index contributed by atoms with van der Waals surface area (Å²) in [5, 5.41) is 7.69. The van der Waals surface area contributed by atoms with Crippen molar-refractivity contribution in [2.75, 3.05) is 12.0 Å². The largest absolute Gasteiger partial charge is 0.416 e. The molecule has 1 unspecified atom stereocenters. The lowest BCUT2D eigenvalue weighted by Gasteiger charge is -2.09. The van der Waals surface area contributed by atoms with Crippen molar-refractivity contribution in [1.29, 1.82) is 4.78 Å². The van der Waals surface area contributed by atoms with Crippen LogP contribution in [0.2, 0.25) is 0 Å². The van der Waals surface area contributed by atoms with E-state index in [0.29, 0.717) is 12.1 Å². The van der Waals surface area contributed by atoms with Gasteiger partial charge in [0.2, 0.25) is 0 Å². The van der Waals surface area contributed by atoms with Crippen LogP contribution < -0.4 is 0 Å². The monoisotopic (exact) mass is 347 g/mol. The maximum atomic E-state index is 12.8. The predicted octanol–water partition coefficient (Wildman–Crippen LogP) is 2.27. The molecule has 2 aromatic heterocycles. The number of hydrogen-bond acceptors (Lipinski definition) is 5. The second kappa shape index (κ2) is 6.26. The molecule has 2 heterocycles. The van der Waals surface area contributed by atoms with Crippen LogP contribution in [0.1, 0.15) is 22.6 Å². The van der Waals surface area contributed by atoms with Gasteiger partial charge in [-0.3, -0.25) is 14.0 Å². The molecule has 1 atom stereocenters. The molecule has 0 aliphatic rings. The molecule has 0 radical (unpaired) electrons. The van der Waals surface area contributed by atoms with E-state index >= 15 is 0 Å². The number of alkyl halides is 3. The molecular formula is C13H16F3N5OS. The van der Waals surface area contributed by atoms with Crippen LogP contribution in [0.5, 0.6) is 0 Å². The lowest BCUT2D eigenvalue weighted by Crippen LogP contribution is -2.10. The lowest BCUT2D eigenvalue weighted by molar-refractivity contribution is -0.137. The van der Waals surface area contributed by atoms with Crippen molar-refractivity contribution in [2.24, 2.45) is 0 Å². The van der Waals surface area contributed by atoms with Gasteiger partial charge in [-0.25, -0.2) is 4.68 Å². The molecule has 0 amide bonds. The summed E-state index contributed by atoms with van der Waals surface area (Å²) >= 11 is 0. The Morgan fingerprint density at radius 3 is 2.61 bits per heavy atom. The molecular weight excluding hydrogens is 331 g/mol. The Kier molecular flexibility index (Phi) is 4.73. The van der Waals surface area contributed by atoms with Crippen molar-refractivity contribution >= 4 is 9.73 Å². The molecule has 0 aliphatic carbocycles. The van der Waals surface area contributed by atoms with Gasteiger partial charge in [-0.15, -0.1) is 5.10 Å². The third kappa shape index (κ3) is 5.31. The van der Waals surface area contributed by atoms with Crippen molar-refractivity contribution in [3.8, 4) is 0 Å². The Labute approximate surface area is 131 Å². The third-order valence-electron chi connectivity index (χ3n) is 2.99. The van der Waals surface area contributed by atoms with E-state index in [1.165, 1.54) is 17.9 Å². The zero-order valence-corrected chi connectivity index (χ0v) is 13.4. The van der Waals surface area contributed by atoms with Crippen LogP contribution in [0.25, 0.3) is 0 Å². The highest BCUT2D eigenvalue weighted by Gasteiger charge is 2.31. The van der Waals surface area contributed by atoms with Crippen LogP contribution in [-0.2, 0) is 28.9 Å². The summed E-state index contributed by atoms with van der Waals surface area (Å²) in [4.78, 5) is 4.07. The molecule has 6 nitrogen and oxygen atoms in total. The Hall–Kier alpha value is -1.97. The smallest absolute Gasteiger partial charge is 0.256 e. The van der Waals surface area contributed by atoms with Crippen molar-refractivity contribution in [1.82, 2.24) is 20.0 Å². The summed E-state index contributed by atoms with van der Waals surface area (Å²) in [7, 11) is -2.61. The molecule has 0 aromatic carbocycles. The molecule has 0 saturated heterocycles. The van der Waals surface area contributed by atoms with E-state index in [4.69, 9.17) is 4.78 Å². The molecule has 0 aliphatic heterocycles. The highest BCUT2D eigenvalue weighted by molar-refractivity contribution is 7.91. The van der Waals surface area contributed by atoms with E-state index in [1.807, 2.05) is 0 Å². The van der Waals surface area contributed by atoms with E-state index in [2.05, 4.69) is 15.3 Å². The molecule has 2 aromatic rings. The van der Waals surface area contributed by atoms with E-state index in [9.17, 15) is 17.4 Å². The molecule has 23 heavy (non-hydrogen) atoms. The Balaban J connectivity index is 2.14. The fraction of sp³-hybridized carbons (Fsp3) is 0.462. The van der Waals surface area contributed by atoms with E-state index < -0.39 is 21.5 Å². The number of nitrogens with zero attached hydrogens (tertiary/aromatic N) is 4. The first kappa shape index (κ1) is 17.4. The molecule has 0 fully saturated rings. The summed E-state index contributed by atoms with van der Waals surface area (Å²) in [6.07, 6.45) is -1.20. The number of nitrogens with one attached hydrogen (secondary N) is 1. The maximum absolute atomic E-state index is 12.8. The predicted molar refractivity (Wildman–Crippen MR) is 78.5 cm³/mol. The molecule has 0 saturated carbocycles. The first-order chi connectivity index (χ1) is 10.5. The van der Waals surface area contributed by atoms with Crippen LogP contribution in [0.4, 0.5) is 13.2 Å². The molecule has 1 N–H and O–H groups in total. The second-order valence-corrected chi connectivity index (χ2v) is 7.77. The topological polar surface area (TPSA) is 84.5 Å². The minimum Gasteiger partial charge on any atom is -0.256 e. The van der Waals surface area contributed by atoms with Crippen LogP contribution in [0, 0.1) is 11.7 Å². The second-order valence-electron chi connectivity index (χ2n) is 5.35. The highest BCUT2D eigenvalue weighted by atomic mass is 32.2. The first-order valence-corrected chi connectivity index (χ1v) is 8.82. The first-order valence-electron chi connectivity index (χ1n) is 6.68. The zero-order chi connectivity index (χ0) is 17.3. The highest BCUT2D eigenvalue weighted by Crippen LogP contribution is 2.29. The van der Waals surface area contributed by atoms with Crippen molar-refractivity contribution in [2.45, 2.75) is 26.1 Å². The van der Waals surface area contributed by atoms with Gasteiger partial charge in [0, 0.05) is 40.0 Å². The fourth-order valence-electron chi connectivity index (χ4n) is 1.98. The standard InChI is InChI=1S/C13H16F3N5OS/c1-9-5-10(13(14,15)16)6-12(18-9)8-21-7-11(19-20-21)3-4-23(2,17)22/h5-7,17H,3-4,8H2,1-2H3. The van der Waals surface area contributed by atoms with Crippen LogP contribution in [0.15, 0.2) is 18.3 Å². The summed E-state index contributed by atoms with van der Waals surface area (Å²) in [6.45, 7) is 1.55. The van der Waals surface area contributed by atoms with Crippen LogP contribution >= 0.6 is 0 Å². The van der Waals surface area contributed by atoms with E-state index in [0.717, 1.165) is 12.1 Å². The number of rotatable bonds is 5. The van der Waals surface area contributed by atoms with Gasteiger partial charge in [-0.05, 0) is 19.1 Å². The molecule has 0 spiro atoms. The van der Waals surface area contributed by atoms with Crippen LogP contribution in [-0.4, -0.2) is 36.2 Å². The summed E-state index contributed by atoms with van der Waals surface area (Å²) < 4.78 is 58.4. The Morgan fingerprint density at radius 2 is 2.00 bits per heavy atom. The molecule has 10 heteroatoms. The lowest BCUT2D eigenvalue weighted by atomic mass is 10.2. The number of hydrogen-bond donors (Lipinski definition) is 1. The van der Waals surface area contributed by atoms with Gasteiger partial charge < -0.3 is 0 Å². The Bertz CT molecular complexity index is 798. The average molecular weight is 347 g/mol. The quantitative estimate of drug-likeness (QED) is 0.899. The van der Waals surface area contributed by atoms with Crippen molar-refractivity contribution in [3.63, 3.8) is 0 Å². The van der Waals surface area contributed by atoms with Crippen molar-refractivity contribution < 1.29 is 17.4 Å².